The second kappa shape index (κ2) is 6.70. The fourth-order valence-electron chi connectivity index (χ4n) is 1.81. The molecule has 21 heavy (non-hydrogen) atoms. The first-order valence-electron chi connectivity index (χ1n) is 6.76. The van der Waals surface area contributed by atoms with Crippen LogP contribution < -0.4 is 10.6 Å². The number of carbonyl (C=O) groups excluding carboxylic acids is 2. The third-order valence-electron chi connectivity index (χ3n) is 3.06. The van der Waals surface area contributed by atoms with Crippen molar-refractivity contribution in [2.75, 3.05) is 11.9 Å². The summed E-state index contributed by atoms with van der Waals surface area (Å²) >= 11 is 0. The number of aryl methyl sites for hydroxylation is 2. The second-order valence-corrected chi connectivity index (χ2v) is 4.96. The lowest BCUT2D eigenvalue weighted by Crippen LogP contribution is -2.32. The molecule has 4 nitrogen and oxygen atoms in total. The third kappa shape index (κ3) is 4.45. The van der Waals surface area contributed by atoms with E-state index < -0.39 is 0 Å². The highest BCUT2D eigenvalue weighted by Crippen LogP contribution is 2.08. The van der Waals surface area contributed by atoms with Crippen molar-refractivity contribution in [3.05, 3.63) is 65.2 Å². The molecule has 2 aromatic carbocycles. The quantitative estimate of drug-likeness (QED) is 0.905. The highest BCUT2D eigenvalue weighted by atomic mass is 16.2. The molecule has 0 unspecified atom stereocenters. The number of hydrogen-bond acceptors (Lipinski definition) is 2. The summed E-state index contributed by atoms with van der Waals surface area (Å²) in [5.41, 5.74) is 3.48. The molecule has 0 heterocycles. The minimum Gasteiger partial charge on any atom is -0.343 e. The minimum atomic E-state index is -0.256. The molecule has 0 radical (unpaired) electrons. The Hall–Kier alpha value is -2.62. The molecule has 2 aromatic rings. The van der Waals surface area contributed by atoms with Gasteiger partial charge in [0.2, 0.25) is 5.91 Å². The van der Waals surface area contributed by atoms with Crippen LogP contribution in [0, 0.1) is 13.8 Å². The van der Waals surface area contributed by atoms with Crippen LogP contribution in [0.25, 0.3) is 0 Å². The van der Waals surface area contributed by atoms with Gasteiger partial charge in [-0.15, -0.1) is 0 Å². The smallest absolute Gasteiger partial charge is 0.251 e. The number of benzene rings is 2. The Kier molecular flexibility index (Phi) is 4.72. The fourth-order valence-corrected chi connectivity index (χ4v) is 1.81. The van der Waals surface area contributed by atoms with Gasteiger partial charge in [-0.2, -0.15) is 0 Å². The first-order chi connectivity index (χ1) is 10.0. The molecule has 0 spiro atoms. The summed E-state index contributed by atoms with van der Waals surface area (Å²) in [5.74, 6) is -0.506. The van der Waals surface area contributed by atoms with Crippen LogP contribution in [0.5, 0.6) is 0 Å². The van der Waals surface area contributed by atoms with Crippen LogP contribution in [0.3, 0.4) is 0 Å². The van der Waals surface area contributed by atoms with Gasteiger partial charge in [-0.1, -0.05) is 35.4 Å². The Labute approximate surface area is 124 Å². The van der Waals surface area contributed by atoms with Crippen molar-refractivity contribution in [1.29, 1.82) is 0 Å². The number of rotatable bonds is 4. The maximum absolute atomic E-state index is 11.9. The summed E-state index contributed by atoms with van der Waals surface area (Å²) in [7, 11) is 0. The zero-order chi connectivity index (χ0) is 15.2. The van der Waals surface area contributed by atoms with E-state index in [4.69, 9.17) is 0 Å². The van der Waals surface area contributed by atoms with Gasteiger partial charge in [0.1, 0.15) is 0 Å². The number of hydrogen-bond donors (Lipinski definition) is 2. The van der Waals surface area contributed by atoms with Crippen molar-refractivity contribution in [2.24, 2.45) is 0 Å². The van der Waals surface area contributed by atoms with Crippen LogP contribution in [0.15, 0.2) is 48.5 Å². The number of carbonyl (C=O) groups is 2. The molecule has 0 saturated heterocycles. The summed E-state index contributed by atoms with van der Waals surface area (Å²) in [5, 5.41) is 5.33. The van der Waals surface area contributed by atoms with E-state index in [0.29, 0.717) is 5.56 Å². The van der Waals surface area contributed by atoms with E-state index in [0.717, 1.165) is 16.8 Å². The van der Waals surface area contributed by atoms with Crippen LogP contribution in [0.1, 0.15) is 21.5 Å². The number of amides is 2. The standard InChI is InChI=1S/C17H18N2O2/c1-12-3-7-14(8-4-12)17(21)18-11-16(20)19-15-9-5-13(2)6-10-15/h3-10H,11H2,1-2H3,(H,18,21)(H,19,20). The molecule has 0 bridgehead atoms. The molecular weight excluding hydrogens is 264 g/mol. The molecule has 0 atom stereocenters. The molecular formula is C17H18N2O2. The van der Waals surface area contributed by atoms with Crippen LogP contribution in [-0.2, 0) is 4.79 Å². The minimum absolute atomic E-state index is 0.0550. The van der Waals surface area contributed by atoms with E-state index in [1.807, 2.05) is 50.2 Å². The van der Waals surface area contributed by atoms with Crippen LogP contribution >= 0.6 is 0 Å². The van der Waals surface area contributed by atoms with Gasteiger partial charge in [-0.3, -0.25) is 9.59 Å². The van der Waals surface area contributed by atoms with Crippen molar-refractivity contribution in [3.8, 4) is 0 Å². The predicted molar refractivity (Wildman–Crippen MR) is 83.3 cm³/mol. The van der Waals surface area contributed by atoms with Gasteiger partial charge < -0.3 is 10.6 Å². The second-order valence-electron chi connectivity index (χ2n) is 4.96. The molecule has 0 aliphatic heterocycles. The Morgan fingerprint density at radius 2 is 1.38 bits per heavy atom. The normalized spacial score (nSPS) is 10.0. The molecule has 0 fully saturated rings. The molecule has 2 rings (SSSR count). The Morgan fingerprint density at radius 1 is 0.857 bits per heavy atom. The molecule has 4 heteroatoms. The van der Waals surface area contributed by atoms with Crippen LogP contribution in [-0.4, -0.2) is 18.4 Å². The summed E-state index contributed by atoms with van der Waals surface area (Å²) in [4.78, 5) is 23.6. The van der Waals surface area contributed by atoms with E-state index >= 15 is 0 Å². The lowest BCUT2D eigenvalue weighted by atomic mass is 10.1. The monoisotopic (exact) mass is 282 g/mol. The van der Waals surface area contributed by atoms with Gasteiger partial charge in [0.25, 0.3) is 5.91 Å². The van der Waals surface area contributed by atoms with Gasteiger partial charge in [0, 0.05) is 11.3 Å². The van der Waals surface area contributed by atoms with E-state index in [-0.39, 0.29) is 18.4 Å². The summed E-state index contributed by atoms with van der Waals surface area (Å²) in [6.07, 6.45) is 0. The lowest BCUT2D eigenvalue weighted by Gasteiger charge is -2.07. The first kappa shape index (κ1) is 14.8. The summed E-state index contributed by atoms with van der Waals surface area (Å²) in [6, 6.07) is 14.7. The van der Waals surface area contributed by atoms with E-state index in [9.17, 15) is 9.59 Å². The number of nitrogens with one attached hydrogen (secondary N) is 2. The molecule has 0 saturated carbocycles. The van der Waals surface area contributed by atoms with Crippen molar-refractivity contribution in [3.63, 3.8) is 0 Å². The Morgan fingerprint density at radius 3 is 1.95 bits per heavy atom. The van der Waals surface area contributed by atoms with Gasteiger partial charge in [0.15, 0.2) is 0 Å². The molecule has 0 aliphatic carbocycles. The van der Waals surface area contributed by atoms with Crippen molar-refractivity contribution in [1.82, 2.24) is 5.32 Å². The largest absolute Gasteiger partial charge is 0.343 e. The molecule has 108 valence electrons. The fraction of sp³-hybridized carbons (Fsp3) is 0.176. The molecule has 0 aliphatic rings. The van der Waals surface area contributed by atoms with Gasteiger partial charge in [-0.25, -0.2) is 0 Å². The van der Waals surface area contributed by atoms with Crippen molar-refractivity contribution >= 4 is 17.5 Å². The zero-order valence-corrected chi connectivity index (χ0v) is 12.1. The average molecular weight is 282 g/mol. The molecule has 0 aromatic heterocycles. The van der Waals surface area contributed by atoms with Crippen molar-refractivity contribution in [2.45, 2.75) is 13.8 Å². The van der Waals surface area contributed by atoms with Gasteiger partial charge >= 0.3 is 0 Å². The zero-order valence-electron chi connectivity index (χ0n) is 12.1. The predicted octanol–water partition coefficient (Wildman–Crippen LogP) is 2.67. The third-order valence-corrected chi connectivity index (χ3v) is 3.06. The van der Waals surface area contributed by atoms with E-state index in [1.165, 1.54) is 0 Å². The van der Waals surface area contributed by atoms with Crippen molar-refractivity contribution < 1.29 is 9.59 Å². The maximum atomic E-state index is 11.9. The SMILES string of the molecule is Cc1ccc(NC(=O)CNC(=O)c2ccc(C)cc2)cc1. The lowest BCUT2D eigenvalue weighted by molar-refractivity contribution is -0.115. The Bertz CT molecular complexity index is 631. The average Bonchev–Trinajstić information content (AvgIpc) is 2.48. The van der Waals surface area contributed by atoms with Crippen LogP contribution in [0.4, 0.5) is 5.69 Å². The summed E-state index contributed by atoms with van der Waals surface area (Å²) in [6.45, 7) is 3.88. The maximum Gasteiger partial charge on any atom is 0.251 e. The number of anilines is 1. The Balaban J connectivity index is 1.84. The van der Waals surface area contributed by atoms with Gasteiger partial charge in [0.05, 0.1) is 6.54 Å². The highest BCUT2D eigenvalue weighted by Gasteiger charge is 2.07. The van der Waals surface area contributed by atoms with E-state index in [1.54, 1.807) is 12.1 Å². The van der Waals surface area contributed by atoms with Gasteiger partial charge in [-0.05, 0) is 38.1 Å². The topological polar surface area (TPSA) is 58.2 Å². The van der Waals surface area contributed by atoms with E-state index in [2.05, 4.69) is 10.6 Å². The molecule has 2 N–H and O–H groups in total. The molecule has 2 amide bonds. The van der Waals surface area contributed by atoms with Crippen LogP contribution in [0.2, 0.25) is 0 Å². The summed E-state index contributed by atoms with van der Waals surface area (Å²) < 4.78 is 0. The highest BCUT2D eigenvalue weighted by molar-refractivity contribution is 5.99. The first-order valence-corrected chi connectivity index (χ1v) is 6.76.